The number of nitrogens with zero attached hydrogens (tertiary/aromatic N) is 2. The van der Waals surface area contributed by atoms with Gasteiger partial charge in [-0.3, -0.25) is 9.69 Å². The highest BCUT2D eigenvalue weighted by Crippen LogP contribution is 2.18. The molecule has 0 saturated carbocycles. The molecule has 0 spiro atoms. The van der Waals surface area contributed by atoms with Gasteiger partial charge in [0.25, 0.3) is 0 Å². The largest absolute Gasteiger partial charge is 0.379 e. The molecule has 1 amide bonds. The van der Waals surface area contributed by atoms with Gasteiger partial charge in [-0.05, 0) is 6.07 Å². The van der Waals surface area contributed by atoms with E-state index in [1.807, 2.05) is 12.3 Å². The molecule has 0 aromatic carbocycles. The minimum atomic E-state index is -0.383. The Morgan fingerprint density at radius 3 is 2.95 bits per heavy atom. The summed E-state index contributed by atoms with van der Waals surface area (Å²) in [4.78, 5) is 13.5. The summed E-state index contributed by atoms with van der Waals surface area (Å²) in [5.41, 5.74) is 6.88. The number of primary amides is 1. The van der Waals surface area contributed by atoms with Crippen molar-refractivity contribution in [2.75, 3.05) is 32.8 Å². The van der Waals surface area contributed by atoms with Gasteiger partial charge in [-0.2, -0.15) is 0 Å². The number of carbonyl (C=O) groups is 1. The standard InChI is InChI=1S/C13H19N3O3/c14-13(17)10-5-11-9-19-12(8-16(11)6-10)7-15-1-3-18-4-2-15/h5-6,12H,1-4,7-9H2,(H2,14,17)/t12-/m0/s1. The molecule has 1 atom stereocenters. The number of aromatic nitrogens is 1. The van der Waals surface area contributed by atoms with Crippen LogP contribution in [0, 0.1) is 0 Å². The molecule has 1 aromatic heterocycles. The van der Waals surface area contributed by atoms with E-state index >= 15 is 0 Å². The fourth-order valence-electron chi connectivity index (χ4n) is 2.64. The maximum absolute atomic E-state index is 11.2. The highest BCUT2D eigenvalue weighted by Gasteiger charge is 2.23. The van der Waals surface area contributed by atoms with Crippen molar-refractivity contribution in [1.82, 2.24) is 9.47 Å². The van der Waals surface area contributed by atoms with E-state index in [-0.39, 0.29) is 12.0 Å². The summed E-state index contributed by atoms with van der Waals surface area (Å²) in [6.45, 7) is 5.76. The van der Waals surface area contributed by atoms with Crippen LogP contribution < -0.4 is 5.73 Å². The SMILES string of the molecule is NC(=O)c1cc2n(c1)C[C@H](CN1CCOCC1)OC2. The number of amides is 1. The Hall–Kier alpha value is -1.37. The topological polar surface area (TPSA) is 69.7 Å². The molecular weight excluding hydrogens is 246 g/mol. The van der Waals surface area contributed by atoms with Gasteiger partial charge in [-0.15, -0.1) is 0 Å². The van der Waals surface area contributed by atoms with Crippen LogP contribution in [0.2, 0.25) is 0 Å². The number of hydrogen-bond acceptors (Lipinski definition) is 4. The van der Waals surface area contributed by atoms with Crippen LogP contribution in [0.15, 0.2) is 12.3 Å². The van der Waals surface area contributed by atoms with Crippen LogP contribution in [0.1, 0.15) is 16.1 Å². The van der Waals surface area contributed by atoms with Gasteiger partial charge in [-0.25, -0.2) is 0 Å². The number of ether oxygens (including phenoxy) is 2. The van der Waals surface area contributed by atoms with E-state index < -0.39 is 0 Å². The lowest BCUT2D eigenvalue weighted by atomic mass is 10.2. The lowest BCUT2D eigenvalue weighted by Gasteiger charge is -2.32. The van der Waals surface area contributed by atoms with Crippen molar-refractivity contribution < 1.29 is 14.3 Å². The van der Waals surface area contributed by atoms with Crippen LogP contribution in [0.4, 0.5) is 0 Å². The molecule has 0 unspecified atom stereocenters. The first-order chi connectivity index (χ1) is 9.22. The van der Waals surface area contributed by atoms with Gasteiger partial charge in [0.2, 0.25) is 5.91 Å². The fraction of sp³-hybridized carbons (Fsp3) is 0.615. The first-order valence-corrected chi connectivity index (χ1v) is 6.63. The quantitative estimate of drug-likeness (QED) is 0.823. The molecular formula is C13H19N3O3. The average molecular weight is 265 g/mol. The average Bonchev–Trinajstić information content (AvgIpc) is 2.83. The highest BCUT2D eigenvalue weighted by molar-refractivity contribution is 5.92. The summed E-state index contributed by atoms with van der Waals surface area (Å²) in [6.07, 6.45) is 1.99. The van der Waals surface area contributed by atoms with E-state index in [2.05, 4.69) is 9.47 Å². The Morgan fingerprint density at radius 1 is 1.42 bits per heavy atom. The zero-order valence-electron chi connectivity index (χ0n) is 10.9. The molecule has 2 aliphatic rings. The number of carbonyl (C=O) groups excluding carboxylic acids is 1. The van der Waals surface area contributed by atoms with Crippen LogP contribution in [0.5, 0.6) is 0 Å². The van der Waals surface area contributed by atoms with Gasteiger partial charge in [0.15, 0.2) is 0 Å². The number of fused-ring (bicyclic) bond motifs is 1. The minimum absolute atomic E-state index is 0.165. The van der Waals surface area contributed by atoms with E-state index in [9.17, 15) is 4.79 Å². The molecule has 1 fully saturated rings. The van der Waals surface area contributed by atoms with Crippen molar-refractivity contribution in [3.63, 3.8) is 0 Å². The van der Waals surface area contributed by atoms with Gasteiger partial charge in [-0.1, -0.05) is 0 Å². The zero-order valence-corrected chi connectivity index (χ0v) is 10.9. The summed E-state index contributed by atoms with van der Waals surface area (Å²) in [7, 11) is 0. The predicted molar refractivity (Wildman–Crippen MR) is 68.8 cm³/mol. The van der Waals surface area contributed by atoms with E-state index in [0.29, 0.717) is 12.2 Å². The summed E-state index contributed by atoms with van der Waals surface area (Å²) in [5, 5.41) is 0. The van der Waals surface area contributed by atoms with E-state index in [4.69, 9.17) is 15.2 Å². The summed E-state index contributed by atoms with van der Waals surface area (Å²) in [6, 6.07) is 1.81. The lowest BCUT2D eigenvalue weighted by Crippen LogP contribution is -2.44. The van der Waals surface area contributed by atoms with Crippen LogP contribution in [0.25, 0.3) is 0 Å². The maximum atomic E-state index is 11.2. The molecule has 6 nitrogen and oxygen atoms in total. The summed E-state index contributed by atoms with van der Waals surface area (Å²) >= 11 is 0. The van der Waals surface area contributed by atoms with Crippen molar-refractivity contribution in [3.05, 3.63) is 23.5 Å². The molecule has 2 N–H and O–H groups in total. The molecule has 6 heteroatoms. The number of rotatable bonds is 3. The molecule has 0 bridgehead atoms. The van der Waals surface area contributed by atoms with Gasteiger partial charge < -0.3 is 19.8 Å². The van der Waals surface area contributed by atoms with Crippen LogP contribution >= 0.6 is 0 Å². The Labute approximate surface area is 112 Å². The Bertz CT molecular complexity index is 466. The van der Waals surface area contributed by atoms with Crippen LogP contribution in [-0.4, -0.2) is 54.3 Å². The normalized spacial score (nSPS) is 24.1. The second-order valence-electron chi connectivity index (χ2n) is 5.08. The second-order valence-corrected chi connectivity index (χ2v) is 5.08. The third-order valence-electron chi connectivity index (χ3n) is 3.70. The van der Waals surface area contributed by atoms with Crippen molar-refractivity contribution in [2.45, 2.75) is 19.3 Å². The van der Waals surface area contributed by atoms with Crippen LogP contribution in [-0.2, 0) is 22.6 Å². The van der Waals surface area contributed by atoms with Gasteiger partial charge in [0, 0.05) is 38.1 Å². The molecule has 1 saturated heterocycles. The second kappa shape index (κ2) is 5.32. The molecule has 0 radical (unpaired) electrons. The smallest absolute Gasteiger partial charge is 0.250 e. The van der Waals surface area contributed by atoms with E-state index in [1.54, 1.807) is 0 Å². The summed E-state index contributed by atoms with van der Waals surface area (Å²) in [5.74, 6) is -0.383. The Kier molecular flexibility index (Phi) is 3.54. The lowest BCUT2D eigenvalue weighted by molar-refractivity contribution is -0.0376. The molecule has 0 aliphatic carbocycles. The summed E-state index contributed by atoms with van der Waals surface area (Å²) < 4.78 is 13.3. The molecule has 2 aliphatic heterocycles. The molecule has 104 valence electrons. The van der Waals surface area contributed by atoms with Crippen molar-refractivity contribution >= 4 is 5.91 Å². The minimum Gasteiger partial charge on any atom is -0.379 e. The van der Waals surface area contributed by atoms with Crippen LogP contribution in [0.3, 0.4) is 0 Å². The monoisotopic (exact) mass is 265 g/mol. The maximum Gasteiger partial charge on any atom is 0.250 e. The fourth-order valence-corrected chi connectivity index (χ4v) is 2.64. The zero-order chi connectivity index (χ0) is 13.2. The van der Waals surface area contributed by atoms with Gasteiger partial charge in [0.05, 0.1) is 31.5 Å². The number of hydrogen-bond donors (Lipinski definition) is 1. The molecule has 1 aromatic rings. The first kappa shape index (κ1) is 12.7. The van der Waals surface area contributed by atoms with E-state index in [0.717, 1.165) is 45.1 Å². The Balaban J connectivity index is 1.63. The van der Waals surface area contributed by atoms with Gasteiger partial charge in [0.1, 0.15) is 0 Å². The molecule has 3 rings (SSSR count). The third-order valence-corrected chi connectivity index (χ3v) is 3.70. The van der Waals surface area contributed by atoms with Crippen molar-refractivity contribution in [1.29, 1.82) is 0 Å². The number of morpholine rings is 1. The number of nitrogens with two attached hydrogens (primary N) is 1. The first-order valence-electron chi connectivity index (χ1n) is 6.63. The Morgan fingerprint density at radius 2 is 2.21 bits per heavy atom. The van der Waals surface area contributed by atoms with Crippen molar-refractivity contribution in [2.24, 2.45) is 5.73 Å². The third kappa shape index (κ3) is 2.80. The predicted octanol–water partition coefficient (Wildman–Crippen LogP) is -0.182. The molecule has 19 heavy (non-hydrogen) atoms. The van der Waals surface area contributed by atoms with E-state index in [1.165, 1.54) is 0 Å². The molecule has 3 heterocycles. The highest BCUT2D eigenvalue weighted by atomic mass is 16.5. The van der Waals surface area contributed by atoms with Crippen molar-refractivity contribution in [3.8, 4) is 0 Å². The van der Waals surface area contributed by atoms with Gasteiger partial charge >= 0.3 is 0 Å².